The minimum atomic E-state index is -0.886. The Morgan fingerprint density at radius 2 is 1.95 bits per heavy atom. The number of hydrogen-bond acceptors (Lipinski definition) is 4. The molecule has 0 fully saturated rings. The minimum absolute atomic E-state index is 0.157. The monoisotopic (exact) mass is 288 g/mol. The molecule has 6 heteroatoms. The van der Waals surface area contributed by atoms with Crippen molar-refractivity contribution in [1.82, 2.24) is 0 Å². The van der Waals surface area contributed by atoms with Gasteiger partial charge in [-0.3, -0.25) is 9.59 Å². The summed E-state index contributed by atoms with van der Waals surface area (Å²) in [7, 11) is 0. The van der Waals surface area contributed by atoms with Crippen LogP contribution in [0.25, 0.3) is 0 Å². The molecule has 2 aliphatic heterocycles. The van der Waals surface area contributed by atoms with Gasteiger partial charge in [-0.1, -0.05) is 0 Å². The summed E-state index contributed by atoms with van der Waals surface area (Å²) in [5.74, 6) is -1.50. The van der Waals surface area contributed by atoms with Gasteiger partial charge in [0.15, 0.2) is 0 Å². The van der Waals surface area contributed by atoms with Crippen molar-refractivity contribution in [3.05, 3.63) is 23.3 Å². The lowest BCUT2D eigenvalue weighted by molar-refractivity contribution is -0.152. The van der Waals surface area contributed by atoms with Gasteiger partial charge in [-0.25, -0.2) is 4.79 Å². The van der Waals surface area contributed by atoms with Gasteiger partial charge in [0.05, 0.1) is 12.3 Å². The molecule has 1 aromatic rings. The first-order chi connectivity index (χ1) is 10.1. The second-order valence-corrected chi connectivity index (χ2v) is 5.11. The maximum atomic E-state index is 11.8. The molecule has 110 valence electrons. The fraction of sp³-hybridized carbons (Fsp3) is 0.400. The Morgan fingerprint density at radius 3 is 2.67 bits per heavy atom. The minimum Gasteiger partial charge on any atom is -0.459 e. The molecule has 0 spiro atoms. The zero-order valence-corrected chi connectivity index (χ0v) is 11.8. The van der Waals surface area contributed by atoms with Crippen LogP contribution in [0.1, 0.15) is 24.5 Å². The van der Waals surface area contributed by atoms with Crippen LogP contribution < -0.4 is 10.2 Å². The highest BCUT2D eigenvalue weighted by atomic mass is 16.5. The van der Waals surface area contributed by atoms with E-state index < -0.39 is 11.9 Å². The van der Waals surface area contributed by atoms with E-state index in [0.29, 0.717) is 25.1 Å². The van der Waals surface area contributed by atoms with Crippen LogP contribution in [0.5, 0.6) is 0 Å². The van der Waals surface area contributed by atoms with Crippen LogP contribution in [0.4, 0.5) is 11.4 Å². The number of anilines is 2. The molecule has 0 unspecified atom stereocenters. The fourth-order valence-electron chi connectivity index (χ4n) is 2.91. The number of esters is 1. The molecule has 1 aromatic carbocycles. The van der Waals surface area contributed by atoms with Crippen LogP contribution in [-0.2, 0) is 32.0 Å². The Morgan fingerprint density at radius 1 is 1.24 bits per heavy atom. The molecule has 2 aliphatic rings. The van der Waals surface area contributed by atoms with E-state index in [9.17, 15) is 14.4 Å². The third kappa shape index (κ3) is 2.37. The van der Waals surface area contributed by atoms with Crippen LogP contribution in [0.2, 0.25) is 0 Å². The first kappa shape index (κ1) is 13.6. The number of rotatable bonds is 2. The smallest absolute Gasteiger partial charge is 0.397 e. The second kappa shape index (κ2) is 5.20. The highest BCUT2D eigenvalue weighted by molar-refractivity contribution is 6.37. The van der Waals surface area contributed by atoms with Gasteiger partial charge in [0, 0.05) is 18.7 Å². The molecular formula is C15H16N2O4. The summed E-state index contributed by atoms with van der Waals surface area (Å²) in [6, 6.07) is 3.66. The number of benzene rings is 1. The first-order valence-electron chi connectivity index (χ1n) is 7.04. The van der Waals surface area contributed by atoms with E-state index >= 15 is 0 Å². The van der Waals surface area contributed by atoms with Crippen LogP contribution in [0.15, 0.2) is 12.1 Å². The van der Waals surface area contributed by atoms with Gasteiger partial charge in [0.1, 0.15) is 0 Å². The number of nitrogens with zero attached hydrogens (tertiary/aromatic N) is 1. The van der Waals surface area contributed by atoms with Gasteiger partial charge in [-0.2, -0.15) is 0 Å². The molecule has 2 heterocycles. The van der Waals surface area contributed by atoms with Gasteiger partial charge in [0.2, 0.25) is 5.91 Å². The SMILES string of the molecule is CCOC(=O)C(=O)Nc1cc2c3c(c1)CCN3C(=O)CC2. The third-order valence-corrected chi connectivity index (χ3v) is 3.77. The molecular weight excluding hydrogens is 272 g/mol. The number of hydrogen-bond donors (Lipinski definition) is 1. The van der Waals surface area contributed by atoms with Crippen molar-refractivity contribution >= 4 is 29.2 Å². The van der Waals surface area contributed by atoms with Crippen molar-refractivity contribution < 1.29 is 19.1 Å². The van der Waals surface area contributed by atoms with Gasteiger partial charge >= 0.3 is 11.9 Å². The van der Waals surface area contributed by atoms with E-state index in [1.807, 2.05) is 17.0 Å². The van der Waals surface area contributed by atoms with Gasteiger partial charge in [0.25, 0.3) is 0 Å². The van der Waals surface area contributed by atoms with Crippen molar-refractivity contribution in [2.45, 2.75) is 26.2 Å². The van der Waals surface area contributed by atoms with Crippen LogP contribution in [0.3, 0.4) is 0 Å². The van der Waals surface area contributed by atoms with E-state index in [2.05, 4.69) is 10.1 Å². The zero-order chi connectivity index (χ0) is 15.0. The summed E-state index contributed by atoms with van der Waals surface area (Å²) in [5, 5.41) is 2.56. The molecule has 0 aliphatic carbocycles. The highest BCUT2D eigenvalue weighted by Crippen LogP contribution is 2.38. The van der Waals surface area contributed by atoms with Gasteiger partial charge in [-0.05, 0) is 43.0 Å². The summed E-state index contributed by atoms with van der Waals surface area (Å²) < 4.78 is 4.66. The maximum absolute atomic E-state index is 11.8. The topological polar surface area (TPSA) is 75.7 Å². The summed E-state index contributed by atoms with van der Waals surface area (Å²) in [6.45, 7) is 2.51. The summed E-state index contributed by atoms with van der Waals surface area (Å²) >= 11 is 0. The first-order valence-corrected chi connectivity index (χ1v) is 7.04. The molecule has 21 heavy (non-hydrogen) atoms. The number of carbonyl (C=O) groups is 3. The number of ether oxygens (including phenoxy) is 1. The molecule has 0 saturated carbocycles. The molecule has 0 bridgehead atoms. The maximum Gasteiger partial charge on any atom is 0.397 e. The largest absolute Gasteiger partial charge is 0.459 e. The van der Waals surface area contributed by atoms with Crippen molar-refractivity contribution in [3.8, 4) is 0 Å². The number of carbonyl (C=O) groups excluding carboxylic acids is 3. The molecule has 3 rings (SSSR count). The predicted molar refractivity (Wildman–Crippen MR) is 76.1 cm³/mol. The number of aryl methyl sites for hydroxylation is 1. The third-order valence-electron chi connectivity index (χ3n) is 3.77. The molecule has 6 nitrogen and oxygen atoms in total. The standard InChI is InChI=1S/C15H16N2O4/c1-2-21-15(20)14(19)16-11-7-9-3-4-12(18)17-6-5-10(8-11)13(9)17/h7-8H,2-6H2,1H3,(H,16,19). The Kier molecular flexibility index (Phi) is 3.37. The molecule has 2 amide bonds. The molecule has 0 saturated heterocycles. The summed E-state index contributed by atoms with van der Waals surface area (Å²) in [5.41, 5.74) is 3.65. The molecule has 0 radical (unpaired) electrons. The van der Waals surface area contributed by atoms with E-state index in [-0.39, 0.29) is 12.5 Å². The van der Waals surface area contributed by atoms with E-state index in [1.165, 1.54) is 0 Å². The second-order valence-electron chi connectivity index (χ2n) is 5.11. The lowest BCUT2D eigenvalue weighted by Gasteiger charge is -2.25. The van der Waals surface area contributed by atoms with Gasteiger partial charge < -0.3 is 15.0 Å². The quantitative estimate of drug-likeness (QED) is 0.651. The zero-order valence-electron chi connectivity index (χ0n) is 11.8. The van der Waals surface area contributed by atoms with Crippen LogP contribution >= 0.6 is 0 Å². The van der Waals surface area contributed by atoms with Crippen molar-refractivity contribution in [2.24, 2.45) is 0 Å². The normalized spacial score (nSPS) is 15.7. The van der Waals surface area contributed by atoms with Crippen molar-refractivity contribution in [1.29, 1.82) is 0 Å². The van der Waals surface area contributed by atoms with Crippen molar-refractivity contribution in [3.63, 3.8) is 0 Å². The van der Waals surface area contributed by atoms with Crippen molar-refractivity contribution in [2.75, 3.05) is 23.4 Å². The summed E-state index contributed by atoms with van der Waals surface area (Å²) in [4.78, 5) is 36.7. The highest BCUT2D eigenvalue weighted by Gasteiger charge is 2.31. The van der Waals surface area contributed by atoms with E-state index in [1.54, 1.807) is 6.92 Å². The Hall–Kier alpha value is -2.37. The fourth-order valence-corrected chi connectivity index (χ4v) is 2.91. The summed E-state index contributed by atoms with van der Waals surface area (Å²) in [6.07, 6.45) is 1.93. The molecule has 0 aromatic heterocycles. The average Bonchev–Trinajstić information content (AvgIpc) is 2.88. The Balaban J connectivity index is 1.85. The number of amides is 2. The average molecular weight is 288 g/mol. The predicted octanol–water partition coefficient (Wildman–Crippen LogP) is 1.02. The van der Waals surface area contributed by atoms with E-state index in [4.69, 9.17) is 0 Å². The Labute approximate surface area is 122 Å². The van der Waals surface area contributed by atoms with Crippen LogP contribution in [0, 0.1) is 0 Å². The lowest BCUT2D eigenvalue weighted by atomic mass is 9.98. The van der Waals surface area contributed by atoms with E-state index in [0.717, 1.165) is 23.2 Å². The number of nitrogens with one attached hydrogen (secondary N) is 1. The van der Waals surface area contributed by atoms with Gasteiger partial charge in [-0.15, -0.1) is 0 Å². The molecule has 1 N–H and O–H groups in total. The lowest BCUT2D eigenvalue weighted by Crippen LogP contribution is -2.33. The Bertz CT molecular complexity index is 639. The van der Waals surface area contributed by atoms with Crippen LogP contribution in [-0.4, -0.2) is 30.9 Å². The molecule has 0 atom stereocenters.